The van der Waals surface area contributed by atoms with E-state index in [0.717, 1.165) is 38.2 Å². The maximum absolute atomic E-state index is 12.1. The zero-order chi connectivity index (χ0) is 13.5. The minimum Gasteiger partial charge on any atom is -0.385 e. The average Bonchev–Trinajstić information content (AvgIpc) is 2.48. The van der Waals surface area contributed by atoms with E-state index in [1.165, 1.54) is 6.42 Å². The van der Waals surface area contributed by atoms with Gasteiger partial charge in [-0.25, -0.2) is 0 Å². The van der Waals surface area contributed by atoms with Crippen molar-refractivity contribution in [1.82, 2.24) is 4.90 Å². The number of para-hydroxylation sites is 1. The van der Waals surface area contributed by atoms with E-state index in [-0.39, 0.29) is 11.9 Å². The molecule has 104 valence electrons. The van der Waals surface area contributed by atoms with Crippen LogP contribution in [0.15, 0.2) is 30.3 Å². The van der Waals surface area contributed by atoms with Crippen LogP contribution in [0.25, 0.3) is 0 Å². The Hall–Kier alpha value is -1.55. The summed E-state index contributed by atoms with van der Waals surface area (Å²) in [6.07, 6.45) is 4.13. The number of nitrogens with two attached hydrogens (primary N) is 1. The molecule has 1 aromatic rings. The lowest BCUT2D eigenvalue weighted by molar-refractivity contribution is -0.133. The third-order valence-corrected chi connectivity index (χ3v) is 3.54. The number of nitrogens with one attached hydrogen (secondary N) is 1. The highest BCUT2D eigenvalue weighted by atomic mass is 16.2. The van der Waals surface area contributed by atoms with Crippen molar-refractivity contribution in [1.29, 1.82) is 0 Å². The van der Waals surface area contributed by atoms with Gasteiger partial charge in [-0.1, -0.05) is 18.2 Å². The van der Waals surface area contributed by atoms with E-state index < -0.39 is 0 Å². The number of likely N-dealkylation sites (tertiary alicyclic amines) is 1. The number of rotatable bonds is 5. The summed E-state index contributed by atoms with van der Waals surface area (Å²) in [5.74, 6) is 0.106. The Morgan fingerprint density at radius 2 is 1.89 bits per heavy atom. The molecule has 0 aromatic heterocycles. The maximum atomic E-state index is 12.1. The van der Waals surface area contributed by atoms with Gasteiger partial charge in [0, 0.05) is 25.3 Å². The zero-order valence-corrected chi connectivity index (χ0v) is 11.3. The Morgan fingerprint density at radius 3 is 2.58 bits per heavy atom. The van der Waals surface area contributed by atoms with E-state index in [1.54, 1.807) is 0 Å². The normalized spacial score (nSPS) is 17.0. The summed E-state index contributed by atoms with van der Waals surface area (Å²) in [5.41, 5.74) is 7.05. The molecule has 19 heavy (non-hydrogen) atoms. The summed E-state index contributed by atoms with van der Waals surface area (Å²) in [5, 5.41) is 3.28. The number of hydrogen-bond acceptors (Lipinski definition) is 3. The molecule has 0 radical (unpaired) electrons. The summed E-state index contributed by atoms with van der Waals surface area (Å²) in [6.45, 7) is 2.47. The molecular weight excluding hydrogens is 238 g/mol. The third kappa shape index (κ3) is 4.24. The Labute approximate surface area is 115 Å². The zero-order valence-electron chi connectivity index (χ0n) is 11.3. The summed E-state index contributed by atoms with van der Waals surface area (Å²) >= 11 is 0. The minimum atomic E-state index is -0.380. The lowest BCUT2D eigenvalue weighted by Crippen LogP contribution is -2.46. The molecular formula is C15H23N3O. The van der Waals surface area contributed by atoms with E-state index in [1.807, 2.05) is 35.2 Å². The molecule has 1 unspecified atom stereocenters. The predicted molar refractivity (Wildman–Crippen MR) is 78.0 cm³/mol. The largest absolute Gasteiger partial charge is 0.385 e. The Bertz CT molecular complexity index is 388. The second-order valence-electron chi connectivity index (χ2n) is 5.07. The van der Waals surface area contributed by atoms with Crippen molar-refractivity contribution in [3.63, 3.8) is 0 Å². The fraction of sp³-hybridized carbons (Fsp3) is 0.533. The van der Waals surface area contributed by atoms with E-state index >= 15 is 0 Å². The van der Waals surface area contributed by atoms with Crippen molar-refractivity contribution in [2.75, 3.05) is 25.0 Å². The van der Waals surface area contributed by atoms with E-state index in [9.17, 15) is 4.79 Å². The number of amides is 1. The molecule has 0 aliphatic carbocycles. The molecule has 4 heteroatoms. The summed E-state index contributed by atoms with van der Waals surface area (Å²) < 4.78 is 0. The molecule has 1 heterocycles. The molecule has 3 N–H and O–H groups in total. The molecule has 1 aromatic carbocycles. The highest BCUT2D eigenvalue weighted by Gasteiger charge is 2.21. The second-order valence-corrected chi connectivity index (χ2v) is 5.07. The van der Waals surface area contributed by atoms with Crippen LogP contribution in [0, 0.1) is 0 Å². The molecule has 1 fully saturated rings. The van der Waals surface area contributed by atoms with Crippen LogP contribution in [0.5, 0.6) is 0 Å². The molecule has 0 saturated carbocycles. The highest BCUT2D eigenvalue weighted by molar-refractivity contribution is 5.81. The fourth-order valence-corrected chi connectivity index (χ4v) is 2.40. The number of nitrogens with zero attached hydrogens (tertiary/aromatic N) is 1. The fourth-order valence-electron chi connectivity index (χ4n) is 2.40. The van der Waals surface area contributed by atoms with Crippen LogP contribution in [0.4, 0.5) is 5.69 Å². The van der Waals surface area contributed by atoms with Gasteiger partial charge in [-0.15, -0.1) is 0 Å². The molecule has 4 nitrogen and oxygen atoms in total. The van der Waals surface area contributed by atoms with Crippen LogP contribution < -0.4 is 11.1 Å². The smallest absolute Gasteiger partial charge is 0.239 e. The summed E-state index contributed by atoms with van der Waals surface area (Å²) in [6, 6.07) is 9.60. The first-order valence-electron chi connectivity index (χ1n) is 7.10. The SMILES string of the molecule is NC(CCNc1ccccc1)C(=O)N1CCCCC1. The van der Waals surface area contributed by atoms with E-state index in [2.05, 4.69) is 5.32 Å². The minimum absolute atomic E-state index is 0.106. The van der Waals surface area contributed by atoms with Crippen molar-refractivity contribution in [3.05, 3.63) is 30.3 Å². The van der Waals surface area contributed by atoms with Gasteiger partial charge in [-0.3, -0.25) is 4.79 Å². The van der Waals surface area contributed by atoms with Crippen molar-refractivity contribution in [2.24, 2.45) is 5.73 Å². The van der Waals surface area contributed by atoms with Gasteiger partial charge in [-0.2, -0.15) is 0 Å². The van der Waals surface area contributed by atoms with Crippen LogP contribution >= 0.6 is 0 Å². The van der Waals surface area contributed by atoms with Crippen LogP contribution in [0.3, 0.4) is 0 Å². The van der Waals surface area contributed by atoms with Crippen molar-refractivity contribution in [3.8, 4) is 0 Å². The Kier molecular flexibility index (Phi) is 5.21. The standard InChI is InChI=1S/C15H23N3O/c16-14(15(19)18-11-5-2-6-12-18)9-10-17-13-7-3-1-4-8-13/h1,3-4,7-8,14,17H,2,5-6,9-12,16H2. The second kappa shape index (κ2) is 7.14. The third-order valence-electron chi connectivity index (χ3n) is 3.54. The number of anilines is 1. The predicted octanol–water partition coefficient (Wildman–Crippen LogP) is 1.83. The number of piperidine rings is 1. The van der Waals surface area contributed by atoms with Crippen LogP contribution in [0.2, 0.25) is 0 Å². The Morgan fingerprint density at radius 1 is 1.21 bits per heavy atom. The first-order chi connectivity index (χ1) is 9.27. The highest BCUT2D eigenvalue weighted by Crippen LogP contribution is 2.11. The van der Waals surface area contributed by atoms with Gasteiger partial charge in [-0.05, 0) is 37.8 Å². The van der Waals surface area contributed by atoms with Crippen molar-refractivity contribution in [2.45, 2.75) is 31.7 Å². The molecule has 1 amide bonds. The topological polar surface area (TPSA) is 58.4 Å². The molecule has 1 saturated heterocycles. The van der Waals surface area contributed by atoms with Crippen LogP contribution in [-0.2, 0) is 4.79 Å². The molecule has 0 spiro atoms. The van der Waals surface area contributed by atoms with Gasteiger partial charge < -0.3 is 16.0 Å². The van der Waals surface area contributed by atoms with Crippen molar-refractivity contribution < 1.29 is 4.79 Å². The first-order valence-corrected chi connectivity index (χ1v) is 7.10. The molecule has 1 aliphatic heterocycles. The van der Waals surface area contributed by atoms with Gasteiger partial charge in [0.05, 0.1) is 6.04 Å². The monoisotopic (exact) mass is 261 g/mol. The van der Waals surface area contributed by atoms with Gasteiger partial charge >= 0.3 is 0 Å². The Balaban J connectivity index is 1.71. The first kappa shape index (κ1) is 13.9. The van der Waals surface area contributed by atoms with Crippen molar-refractivity contribution >= 4 is 11.6 Å². The number of benzene rings is 1. The average molecular weight is 261 g/mol. The van der Waals surface area contributed by atoms with Crippen LogP contribution in [0.1, 0.15) is 25.7 Å². The lowest BCUT2D eigenvalue weighted by Gasteiger charge is -2.29. The maximum Gasteiger partial charge on any atom is 0.239 e. The van der Waals surface area contributed by atoms with Gasteiger partial charge in [0.15, 0.2) is 0 Å². The summed E-state index contributed by atoms with van der Waals surface area (Å²) in [4.78, 5) is 14.0. The molecule has 1 atom stereocenters. The molecule has 1 aliphatic rings. The van der Waals surface area contributed by atoms with Crippen LogP contribution in [-0.4, -0.2) is 36.5 Å². The number of carbonyl (C=O) groups excluding carboxylic acids is 1. The molecule has 0 bridgehead atoms. The number of carbonyl (C=O) groups is 1. The van der Waals surface area contributed by atoms with E-state index in [4.69, 9.17) is 5.73 Å². The van der Waals surface area contributed by atoms with Gasteiger partial charge in [0.25, 0.3) is 0 Å². The van der Waals surface area contributed by atoms with Gasteiger partial charge in [0.1, 0.15) is 0 Å². The lowest BCUT2D eigenvalue weighted by atomic mass is 10.1. The number of hydrogen-bond donors (Lipinski definition) is 2. The van der Waals surface area contributed by atoms with Gasteiger partial charge in [0.2, 0.25) is 5.91 Å². The van der Waals surface area contributed by atoms with E-state index in [0.29, 0.717) is 6.42 Å². The summed E-state index contributed by atoms with van der Waals surface area (Å²) in [7, 11) is 0. The molecule has 2 rings (SSSR count). The quantitative estimate of drug-likeness (QED) is 0.850.